The van der Waals surface area contributed by atoms with Crippen LogP contribution in [0.25, 0.3) is 11.2 Å². The van der Waals surface area contributed by atoms with E-state index in [1.54, 1.807) is 24.3 Å². The molecule has 1 aromatic carbocycles. The number of aromatic hydroxyl groups is 1. The number of fused-ring (bicyclic) bond motifs is 1. The molecule has 2 heterocycles. The summed E-state index contributed by atoms with van der Waals surface area (Å²) in [7, 11) is 0. The van der Waals surface area contributed by atoms with Gasteiger partial charge in [-0.25, -0.2) is 0 Å². The van der Waals surface area contributed by atoms with E-state index in [-0.39, 0.29) is 55.2 Å². The van der Waals surface area contributed by atoms with Crippen molar-refractivity contribution >= 4 is 40.7 Å². The third-order valence-corrected chi connectivity index (χ3v) is 10.1. The van der Waals surface area contributed by atoms with Crippen molar-refractivity contribution < 1.29 is 29.0 Å². The van der Waals surface area contributed by atoms with Crippen molar-refractivity contribution in [2.45, 2.75) is 110 Å². The first-order chi connectivity index (χ1) is 27.1. The Hall–Kier alpha value is -4.54. The quantitative estimate of drug-likeness (QED) is 0.0595. The molecule has 310 valence electrons. The van der Waals surface area contributed by atoms with Gasteiger partial charge >= 0.3 is 0 Å². The highest BCUT2D eigenvalue weighted by atomic mass is 16.5. The fraction of sp³-hybridized carbons (Fsp3) is 0.650. The number of unbranched alkanes of at least 4 members (excludes halogenated alkanes) is 1. The van der Waals surface area contributed by atoms with E-state index in [2.05, 4.69) is 50.1 Å². The Morgan fingerprint density at radius 1 is 0.893 bits per heavy atom. The lowest BCUT2D eigenvalue weighted by molar-refractivity contribution is -0.123. The van der Waals surface area contributed by atoms with E-state index in [0.717, 1.165) is 31.2 Å². The van der Waals surface area contributed by atoms with Gasteiger partial charge in [-0.2, -0.15) is 15.0 Å². The van der Waals surface area contributed by atoms with E-state index in [4.69, 9.17) is 20.9 Å². The zero-order chi connectivity index (χ0) is 40.1. The van der Waals surface area contributed by atoms with Crippen molar-refractivity contribution in [1.82, 2.24) is 35.5 Å². The van der Waals surface area contributed by atoms with Crippen LogP contribution in [0.3, 0.4) is 0 Å². The summed E-state index contributed by atoms with van der Waals surface area (Å²) in [5, 5.41) is 22.1. The summed E-state index contributed by atoms with van der Waals surface area (Å²) < 4.78 is 12.7. The molecule has 56 heavy (non-hydrogen) atoms. The topological polar surface area (TPSA) is 234 Å². The van der Waals surface area contributed by atoms with Gasteiger partial charge in [0.15, 0.2) is 17.0 Å². The average molecular weight is 781 g/mol. The number of hydrogen-bond acceptors (Lipinski definition) is 12. The van der Waals surface area contributed by atoms with Crippen molar-refractivity contribution in [2.75, 3.05) is 57.1 Å². The van der Waals surface area contributed by atoms with Crippen LogP contribution in [0.2, 0.25) is 0 Å². The number of nitrogens with two attached hydrogens (primary N) is 2. The molecular formula is C40H64N10O6. The number of carbonyl (C=O) groups excluding carboxylic acids is 3. The molecular weight excluding hydrogens is 717 g/mol. The highest BCUT2D eigenvalue weighted by Crippen LogP contribution is 2.27. The molecule has 0 saturated heterocycles. The molecule has 3 unspecified atom stereocenters. The Labute approximate surface area is 330 Å². The summed E-state index contributed by atoms with van der Waals surface area (Å²) >= 11 is 0. The maximum absolute atomic E-state index is 12.7. The molecule has 0 radical (unpaired) electrons. The van der Waals surface area contributed by atoms with Crippen molar-refractivity contribution in [3.8, 4) is 6.01 Å². The Bertz CT molecular complexity index is 1650. The molecule has 1 aliphatic rings. The van der Waals surface area contributed by atoms with Gasteiger partial charge in [-0.15, -0.1) is 0 Å². The standard InChI is InChI=1S/C40H64N10O6/c1-3-4-19-44-39-48-36(42)34-37(49-39)50(40(54)47-34)27-29-14-16-30(17-15-29)38(53)45-26-33(52)43-20-11-21-55-23-24-56-22-18-32(51)46-35(41)31-13-10-8-6-5-7-9-12-28(2)25-31/h14-17,28,31,35H,3-13,18-27,41H2,1-2H3,(H,43,52)(H,45,53)(H,46,51)(H,47,54)(H3,42,44,48,49). The molecule has 3 amide bonds. The summed E-state index contributed by atoms with van der Waals surface area (Å²) in [4.78, 5) is 50.3. The third-order valence-electron chi connectivity index (χ3n) is 10.1. The van der Waals surface area contributed by atoms with Gasteiger partial charge in [0.1, 0.15) is 0 Å². The maximum Gasteiger partial charge on any atom is 0.296 e. The normalized spacial score (nSPS) is 17.1. The third kappa shape index (κ3) is 15.2. The number of imidazole rings is 1. The van der Waals surface area contributed by atoms with Crippen LogP contribution in [0, 0.1) is 11.8 Å². The zero-order valence-electron chi connectivity index (χ0n) is 33.3. The van der Waals surface area contributed by atoms with Gasteiger partial charge in [0.05, 0.1) is 45.5 Å². The molecule has 1 aliphatic carbocycles. The predicted octanol–water partition coefficient (Wildman–Crippen LogP) is 4.21. The highest BCUT2D eigenvalue weighted by Gasteiger charge is 2.22. The van der Waals surface area contributed by atoms with E-state index in [9.17, 15) is 19.5 Å². The number of anilines is 2. The lowest BCUT2D eigenvalue weighted by Gasteiger charge is -2.27. The molecule has 4 rings (SSSR count). The van der Waals surface area contributed by atoms with Gasteiger partial charge in [0, 0.05) is 25.3 Å². The van der Waals surface area contributed by atoms with Gasteiger partial charge in [-0.05, 0) is 55.2 Å². The Morgan fingerprint density at radius 2 is 1.61 bits per heavy atom. The van der Waals surface area contributed by atoms with Crippen molar-refractivity contribution in [3.05, 3.63) is 35.4 Å². The molecule has 0 spiro atoms. The molecule has 16 nitrogen and oxygen atoms in total. The number of ether oxygens (including phenoxy) is 2. The van der Waals surface area contributed by atoms with Crippen LogP contribution in [0.4, 0.5) is 11.8 Å². The van der Waals surface area contributed by atoms with Crippen molar-refractivity contribution in [2.24, 2.45) is 17.6 Å². The number of amides is 3. The smallest absolute Gasteiger partial charge is 0.296 e. The minimum atomic E-state index is -0.389. The fourth-order valence-corrected chi connectivity index (χ4v) is 6.83. The lowest BCUT2D eigenvalue weighted by atomic mass is 9.87. The average Bonchev–Trinajstić information content (AvgIpc) is 3.47. The largest absolute Gasteiger partial charge is 0.480 e. The SMILES string of the molecule is CCCCNc1nc(N)c2nc(O)n(Cc3ccc(C(=O)NCC(=O)NCCCOCCOCCC(=O)NC(N)C4CCCCCCCCC(C)C4)cc3)c2n1. The van der Waals surface area contributed by atoms with Crippen LogP contribution in [0.5, 0.6) is 6.01 Å². The van der Waals surface area contributed by atoms with Gasteiger partial charge < -0.3 is 47.3 Å². The zero-order valence-corrected chi connectivity index (χ0v) is 33.3. The summed E-state index contributed by atoms with van der Waals surface area (Å²) in [6.45, 7) is 7.02. The van der Waals surface area contributed by atoms with Crippen LogP contribution in [-0.2, 0) is 25.6 Å². The van der Waals surface area contributed by atoms with Crippen molar-refractivity contribution in [3.63, 3.8) is 0 Å². The maximum atomic E-state index is 12.7. The van der Waals surface area contributed by atoms with Gasteiger partial charge in [0.2, 0.25) is 17.8 Å². The molecule has 0 bridgehead atoms. The Morgan fingerprint density at radius 3 is 2.36 bits per heavy atom. The number of benzene rings is 1. The molecule has 1 saturated carbocycles. The second kappa shape index (κ2) is 24.2. The summed E-state index contributed by atoms with van der Waals surface area (Å²) in [5.41, 5.74) is 14.4. The summed E-state index contributed by atoms with van der Waals surface area (Å²) in [5.74, 6) is 0.667. The number of nitrogens with zero attached hydrogens (tertiary/aromatic N) is 4. The Kier molecular flexibility index (Phi) is 19.1. The van der Waals surface area contributed by atoms with E-state index in [0.29, 0.717) is 80.4 Å². The molecule has 3 aromatic rings. The minimum absolute atomic E-state index is 0.0880. The number of hydrogen-bond donors (Lipinski definition) is 7. The summed E-state index contributed by atoms with van der Waals surface area (Å²) in [6.07, 6.45) is 13.4. The first-order valence-electron chi connectivity index (χ1n) is 20.4. The first-order valence-corrected chi connectivity index (χ1v) is 20.4. The van der Waals surface area contributed by atoms with E-state index >= 15 is 0 Å². The molecule has 1 fully saturated rings. The second-order valence-electron chi connectivity index (χ2n) is 14.8. The minimum Gasteiger partial charge on any atom is -0.480 e. The van der Waals surface area contributed by atoms with Crippen LogP contribution < -0.4 is 32.7 Å². The van der Waals surface area contributed by atoms with Gasteiger partial charge in [0.25, 0.3) is 11.9 Å². The highest BCUT2D eigenvalue weighted by molar-refractivity contribution is 5.96. The van der Waals surface area contributed by atoms with Crippen LogP contribution in [-0.4, -0.2) is 94.6 Å². The van der Waals surface area contributed by atoms with Crippen LogP contribution >= 0.6 is 0 Å². The van der Waals surface area contributed by atoms with Crippen molar-refractivity contribution in [1.29, 1.82) is 0 Å². The van der Waals surface area contributed by atoms with Crippen LogP contribution in [0.1, 0.15) is 113 Å². The van der Waals surface area contributed by atoms with E-state index in [1.807, 2.05) is 0 Å². The number of carbonyl (C=O) groups is 3. The van der Waals surface area contributed by atoms with E-state index in [1.165, 1.54) is 49.5 Å². The first kappa shape index (κ1) is 44.2. The summed E-state index contributed by atoms with van der Waals surface area (Å²) in [6, 6.07) is 6.56. The number of nitrogen functional groups attached to an aromatic ring is 1. The van der Waals surface area contributed by atoms with Crippen LogP contribution in [0.15, 0.2) is 24.3 Å². The predicted molar refractivity (Wildman–Crippen MR) is 217 cm³/mol. The second-order valence-corrected chi connectivity index (χ2v) is 14.8. The molecule has 9 N–H and O–H groups in total. The molecule has 0 aliphatic heterocycles. The number of aromatic nitrogens is 4. The van der Waals surface area contributed by atoms with E-state index < -0.39 is 0 Å². The lowest BCUT2D eigenvalue weighted by Crippen LogP contribution is -2.47. The van der Waals surface area contributed by atoms with Gasteiger partial charge in [-0.1, -0.05) is 77.3 Å². The Balaban J connectivity index is 1.04. The number of nitrogens with one attached hydrogen (secondary N) is 4. The molecule has 3 atom stereocenters. The van der Waals surface area contributed by atoms with Gasteiger partial charge in [-0.3, -0.25) is 19.0 Å². The monoisotopic (exact) mass is 781 g/mol. The fourth-order valence-electron chi connectivity index (χ4n) is 6.83. The number of rotatable bonds is 21. The molecule has 2 aromatic heterocycles. The molecule has 16 heteroatoms.